The van der Waals surface area contributed by atoms with Gasteiger partial charge in [-0.1, -0.05) is 0 Å². The van der Waals surface area contributed by atoms with Crippen LogP contribution in [-0.2, 0) is 18.8 Å². The minimum atomic E-state index is -0.575. The molecule has 0 amide bonds. The Morgan fingerprint density at radius 1 is 1.58 bits per heavy atom. The van der Waals surface area contributed by atoms with Crippen LogP contribution in [0.5, 0.6) is 0 Å². The van der Waals surface area contributed by atoms with E-state index in [1.807, 2.05) is 20.8 Å². The number of carbonyl (C=O) groups is 1. The predicted molar refractivity (Wildman–Crippen MR) is 44.3 cm³/mol. The van der Waals surface area contributed by atoms with E-state index in [9.17, 15) is 4.79 Å². The second-order valence-corrected chi connectivity index (χ2v) is 4.18. The quantitative estimate of drug-likeness (QED) is 0.356. The Bertz CT molecular complexity index is 169. The highest BCUT2D eigenvalue weighted by Gasteiger charge is 2.31. The highest BCUT2D eigenvalue weighted by atomic mass is 32.2. The first-order valence-electron chi connectivity index (χ1n) is 3.67. The molecule has 1 heterocycles. The van der Waals surface area contributed by atoms with Gasteiger partial charge in [-0.05, 0) is 20.8 Å². The first-order valence-corrected chi connectivity index (χ1v) is 4.58. The molecule has 1 aliphatic rings. The Labute approximate surface area is 75.7 Å². The van der Waals surface area contributed by atoms with Gasteiger partial charge in [-0.25, -0.2) is 9.68 Å². The fourth-order valence-corrected chi connectivity index (χ4v) is 1.19. The zero-order valence-electron chi connectivity index (χ0n) is 7.33. The standard InChI is InChI=1S/C7H12O4S/c1-7(2,3)9-6(8)5-4-12-11-10-5/h5H,4H2,1-3H3. The van der Waals surface area contributed by atoms with Crippen molar-refractivity contribution in [2.45, 2.75) is 32.5 Å². The summed E-state index contributed by atoms with van der Waals surface area (Å²) in [6.07, 6.45) is -0.575. The summed E-state index contributed by atoms with van der Waals surface area (Å²) >= 11 is 1.11. The summed E-state index contributed by atoms with van der Waals surface area (Å²) in [4.78, 5) is 15.9. The van der Waals surface area contributed by atoms with Gasteiger partial charge in [0.25, 0.3) is 0 Å². The third-order valence-electron chi connectivity index (χ3n) is 1.09. The van der Waals surface area contributed by atoms with Crippen LogP contribution in [0.15, 0.2) is 0 Å². The van der Waals surface area contributed by atoms with Crippen molar-refractivity contribution in [1.29, 1.82) is 0 Å². The maximum absolute atomic E-state index is 11.2. The van der Waals surface area contributed by atoms with Crippen molar-refractivity contribution in [1.82, 2.24) is 0 Å². The van der Waals surface area contributed by atoms with E-state index in [-0.39, 0.29) is 5.97 Å². The molecule has 1 unspecified atom stereocenters. The minimum Gasteiger partial charge on any atom is -0.458 e. The molecule has 0 aromatic rings. The summed E-state index contributed by atoms with van der Waals surface area (Å²) in [7, 11) is 0. The van der Waals surface area contributed by atoms with Crippen molar-refractivity contribution >= 4 is 18.0 Å². The Morgan fingerprint density at radius 2 is 2.25 bits per heavy atom. The molecule has 70 valence electrons. The minimum absolute atomic E-state index is 0.368. The lowest BCUT2D eigenvalue weighted by Crippen LogP contribution is -2.32. The molecule has 0 bridgehead atoms. The molecule has 0 N–H and O–H groups in total. The van der Waals surface area contributed by atoms with Crippen LogP contribution in [0.1, 0.15) is 20.8 Å². The fourth-order valence-electron chi connectivity index (χ4n) is 0.667. The molecular formula is C7H12O4S. The van der Waals surface area contributed by atoms with Gasteiger partial charge in [0.15, 0.2) is 0 Å². The second-order valence-electron chi connectivity index (χ2n) is 3.47. The van der Waals surface area contributed by atoms with E-state index in [0.717, 1.165) is 12.0 Å². The molecule has 1 rings (SSSR count). The van der Waals surface area contributed by atoms with Gasteiger partial charge in [0.05, 0.1) is 5.75 Å². The molecule has 0 spiro atoms. The van der Waals surface area contributed by atoms with E-state index in [1.54, 1.807) is 0 Å². The summed E-state index contributed by atoms with van der Waals surface area (Å²) in [5, 5.41) is 0. The normalized spacial score (nSPS) is 24.1. The first-order chi connectivity index (χ1) is 5.49. The molecule has 0 radical (unpaired) electrons. The summed E-state index contributed by atoms with van der Waals surface area (Å²) in [6, 6.07) is 0. The van der Waals surface area contributed by atoms with Crippen LogP contribution in [-0.4, -0.2) is 23.4 Å². The van der Waals surface area contributed by atoms with E-state index in [2.05, 4.69) is 9.22 Å². The summed E-state index contributed by atoms with van der Waals surface area (Å²) < 4.78 is 9.57. The molecule has 1 aliphatic heterocycles. The van der Waals surface area contributed by atoms with Gasteiger partial charge in [-0.2, -0.15) is 4.33 Å². The van der Waals surface area contributed by atoms with Gasteiger partial charge in [0.1, 0.15) is 5.60 Å². The van der Waals surface area contributed by atoms with E-state index < -0.39 is 11.7 Å². The second kappa shape index (κ2) is 3.64. The third kappa shape index (κ3) is 3.00. The van der Waals surface area contributed by atoms with Crippen LogP contribution in [0.2, 0.25) is 0 Å². The lowest BCUT2D eigenvalue weighted by Gasteiger charge is -2.20. The lowest BCUT2D eigenvalue weighted by atomic mass is 10.2. The molecule has 1 fully saturated rings. The summed E-state index contributed by atoms with van der Waals surface area (Å²) in [5.41, 5.74) is -0.465. The van der Waals surface area contributed by atoms with Crippen molar-refractivity contribution in [3.8, 4) is 0 Å². The van der Waals surface area contributed by atoms with Crippen molar-refractivity contribution in [3.63, 3.8) is 0 Å². The zero-order chi connectivity index (χ0) is 9.19. The SMILES string of the molecule is CC(C)(C)OC(=O)C1CSOO1. The van der Waals surface area contributed by atoms with Crippen LogP contribution in [0, 0.1) is 0 Å². The maximum atomic E-state index is 11.2. The van der Waals surface area contributed by atoms with Gasteiger partial charge in [0.2, 0.25) is 6.10 Å². The first kappa shape index (κ1) is 9.83. The van der Waals surface area contributed by atoms with Gasteiger partial charge in [-0.15, -0.1) is 0 Å². The largest absolute Gasteiger partial charge is 0.458 e. The van der Waals surface area contributed by atoms with Crippen molar-refractivity contribution in [2.75, 3.05) is 5.75 Å². The third-order valence-corrected chi connectivity index (χ3v) is 1.71. The van der Waals surface area contributed by atoms with Crippen molar-refractivity contribution in [3.05, 3.63) is 0 Å². The Kier molecular flexibility index (Phi) is 2.98. The van der Waals surface area contributed by atoms with Crippen LogP contribution >= 0.6 is 12.0 Å². The summed E-state index contributed by atoms with van der Waals surface area (Å²) in [5.74, 6) is 0.127. The van der Waals surface area contributed by atoms with Gasteiger partial charge < -0.3 is 4.74 Å². The highest BCUT2D eigenvalue weighted by Crippen LogP contribution is 2.20. The number of esters is 1. The van der Waals surface area contributed by atoms with Crippen LogP contribution in [0.3, 0.4) is 0 Å². The molecule has 4 nitrogen and oxygen atoms in total. The topological polar surface area (TPSA) is 44.8 Å². The lowest BCUT2D eigenvalue weighted by molar-refractivity contribution is -0.224. The van der Waals surface area contributed by atoms with E-state index >= 15 is 0 Å². The zero-order valence-corrected chi connectivity index (χ0v) is 8.14. The number of carbonyl (C=O) groups excluding carboxylic acids is 1. The van der Waals surface area contributed by atoms with Crippen LogP contribution in [0.25, 0.3) is 0 Å². The Morgan fingerprint density at radius 3 is 2.67 bits per heavy atom. The Balaban J connectivity index is 2.37. The fraction of sp³-hybridized carbons (Fsp3) is 0.857. The van der Waals surface area contributed by atoms with Crippen LogP contribution < -0.4 is 0 Å². The average Bonchev–Trinajstić information content (AvgIpc) is 2.32. The molecule has 0 aromatic carbocycles. The predicted octanol–water partition coefficient (Wildman–Crippen LogP) is 1.31. The Hall–Kier alpha value is -0.260. The van der Waals surface area contributed by atoms with Gasteiger partial charge in [-0.3, -0.25) is 0 Å². The molecule has 0 aromatic heterocycles. The molecule has 5 heteroatoms. The summed E-state index contributed by atoms with van der Waals surface area (Å²) in [6.45, 7) is 5.44. The number of ether oxygens (including phenoxy) is 1. The monoisotopic (exact) mass is 192 g/mol. The number of hydrogen-bond acceptors (Lipinski definition) is 5. The molecule has 1 saturated heterocycles. The van der Waals surface area contributed by atoms with E-state index in [1.165, 1.54) is 0 Å². The highest BCUT2D eigenvalue weighted by molar-refractivity contribution is 7.94. The van der Waals surface area contributed by atoms with E-state index in [0.29, 0.717) is 5.75 Å². The van der Waals surface area contributed by atoms with E-state index in [4.69, 9.17) is 4.74 Å². The molecule has 0 aliphatic carbocycles. The smallest absolute Gasteiger partial charge is 0.340 e. The maximum Gasteiger partial charge on any atom is 0.340 e. The molecule has 12 heavy (non-hydrogen) atoms. The molecular weight excluding hydrogens is 180 g/mol. The number of rotatable bonds is 1. The van der Waals surface area contributed by atoms with Crippen molar-refractivity contribution in [2.24, 2.45) is 0 Å². The molecule has 1 atom stereocenters. The average molecular weight is 192 g/mol. The van der Waals surface area contributed by atoms with Crippen LogP contribution in [0.4, 0.5) is 0 Å². The molecule has 0 saturated carbocycles. The van der Waals surface area contributed by atoms with Gasteiger partial charge in [0, 0.05) is 12.0 Å². The van der Waals surface area contributed by atoms with Crippen molar-refractivity contribution < 1.29 is 18.8 Å². The van der Waals surface area contributed by atoms with Gasteiger partial charge >= 0.3 is 5.97 Å². The number of hydrogen-bond donors (Lipinski definition) is 0.